The number of amides is 1. The molecule has 0 spiro atoms. The van der Waals surface area contributed by atoms with Gasteiger partial charge in [-0.05, 0) is 70.6 Å². The summed E-state index contributed by atoms with van der Waals surface area (Å²) in [6.07, 6.45) is 5.11. The number of benzene rings is 1. The largest absolute Gasteiger partial charge is 0.369 e. The van der Waals surface area contributed by atoms with Crippen LogP contribution in [0, 0.1) is 5.41 Å². The summed E-state index contributed by atoms with van der Waals surface area (Å²) in [5.41, 5.74) is 10.2. The van der Waals surface area contributed by atoms with Crippen LogP contribution < -0.4 is 5.73 Å². The first-order chi connectivity index (χ1) is 13.1. The Morgan fingerprint density at radius 2 is 1.85 bits per heavy atom. The van der Waals surface area contributed by atoms with Crippen LogP contribution in [0.5, 0.6) is 0 Å². The average Bonchev–Trinajstić information content (AvgIpc) is 3.34. The van der Waals surface area contributed by atoms with Crippen LogP contribution in [0.25, 0.3) is 11.1 Å². The molecule has 5 heteroatoms. The summed E-state index contributed by atoms with van der Waals surface area (Å²) in [4.78, 5) is 18.8. The van der Waals surface area contributed by atoms with E-state index in [2.05, 4.69) is 51.0 Å². The molecular formula is C22H23N3OS. The van der Waals surface area contributed by atoms with Crippen LogP contribution in [0.4, 0.5) is 0 Å². The highest BCUT2D eigenvalue weighted by Crippen LogP contribution is 2.35. The van der Waals surface area contributed by atoms with Gasteiger partial charge in [-0.2, -0.15) is 11.3 Å². The fraction of sp³-hybridized carbons (Fsp3) is 0.273. The number of primary amides is 1. The van der Waals surface area contributed by atoms with Crippen molar-refractivity contribution >= 4 is 17.2 Å². The number of nitrogens with zero attached hydrogens (tertiary/aromatic N) is 2. The van der Waals surface area contributed by atoms with E-state index in [0.29, 0.717) is 13.0 Å². The van der Waals surface area contributed by atoms with Crippen molar-refractivity contribution < 1.29 is 4.79 Å². The van der Waals surface area contributed by atoms with Crippen molar-refractivity contribution in [2.75, 3.05) is 13.1 Å². The maximum Gasteiger partial charge on any atom is 0.225 e. The van der Waals surface area contributed by atoms with Crippen molar-refractivity contribution in [3.8, 4) is 11.1 Å². The van der Waals surface area contributed by atoms with E-state index >= 15 is 0 Å². The van der Waals surface area contributed by atoms with E-state index < -0.39 is 5.41 Å². The third-order valence-corrected chi connectivity index (χ3v) is 6.15. The minimum atomic E-state index is -0.489. The molecule has 1 amide bonds. The van der Waals surface area contributed by atoms with Gasteiger partial charge in [-0.15, -0.1) is 0 Å². The predicted octanol–water partition coefficient (Wildman–Crippen LogP) is 3.73. The number of hydrogen-bond donors (Lipinski definition) is 1. The van der Waals surface area contributed by atoms with Gasteiger partial charge in [0.15, 0.2) is 0 Å². The molecule has 138 valence electrons. The van der Waals surface area contributed by atoms with E-state index in [4.69, 9.17) is 5.73 Å². The SMILES string of the molecule is NC(=O)[C@@]1(Cc2ccc(-c3ccsc3)cc2)CCN(Cc2ccncc2)C1. The molecule has 1 aromatic carbocycles. The molecule has 27 heavy (non-hydrogen) atoms. The monoisotopic (exact) mass is 377 g/mol. The van der Waals surface area contributed by atoms with Gasteiger partial charge >= 0.3 is 0 Å². The molecule has 1 atom stereocenters. The van der Waals surface area contributed by atoms with Gasteiger partial charge in [0, 0.05) is 25.5 Å². The lowest BCUT2D eigenvalue weighted by Gasteiger charge is -2.26. The molecule has 2 aromatic heterocycles. The summed E-state index contributed by atoms with van der Waals surface area (Å²) in [6, 6.07) is 14.7. The van der Waals surface area contributed by atoms with E-state index in [0.717, 1.165) is 19.5 Å². The number of nitrogens with two attached hydrogens (primary N) is 1. The topological polar surface area (TPSA) is 59.2 Å². The van der Waals surface area contributed by atoms with Crippen LogP contribution in [0.15, 0.2) is 65.6 Å². The zero-order valence-electron chi connectivity index (χ0n) is 15.2. The molecule has 3 aromatic rings. The summed E-state index contributed by atoms with van der Waals surface area (Å²) < 4.78 is 0. The number of carbonyl (C=O) groups excluding carboxylic acids is 1. The lowest BCUT2D eigenvalue weighted by molar-refractivity contribution is -0.127. The van der Waals surface area contributed by atoms with Crippen molar-refractivity contribution in [1.82, 2.24) is 9.88 Å². The molecule has 4 nitrogen and oxygen atoms in total. The predicted molar refractivity (Wildman–Crippen MR) is 109 cm³/mol. The standard InChI is InChI=1S/C22H23N3OS/c23-21(26)22(8-11-25(16-22)14-18-5-9-24-10-6-18)13-17-1-3-19(4-2-17)20-7-12-27-15-20/h1-7,9-10,12,15H,8,11,13-14,16H2,(H2,23,26)/t22-/m1/s1. The molecule has 1 fully saturated rings. The van der Waals surface area contributed by atoms with Crippen LogP contribution in [0.1, 0.15) is 17.5 Å². The van der Waals surface area contributed by atoms with Crippen LogP contribution in [0.3, 0.4) is 0 Å². The van der Waals surface area contributed by atoms with E-state index in [-0.39, 0.29) is 5.91 Å². The smallest absolute Gasteiger partial charge is 0.225 e. The average molecular weight is 378 g/mol. The van der Waals surface area contributed by atoms with Crippen LogP contribution in [-0.4, -0.2) is 28.9 Å². The van der Waals surface area contributed by atoms with Gasteiger partial charge in [0.25, 0.3) is 0 Å². The summed E-state index contributed by atoms with van der Waals surface area (Å²) in [7, 11) is 0. The van der Waals surface area contributed by atoms with E-state index in [1.807, 2.05) is 24.5 Å². The second-order valence-corrected chi connectivity index (χ2v) is 8.13. The quantitative estimate of drug-likeness (QED) is 0.712. The Morgan fingerprint density at radius 1 is 1.07 bits per heavy atom. The number of carbonyl (C=O) groups is 1. The lowest BCUT2D eigenvalue weighted by Crippen LogP contribution is -2.41. The van der Waals surface area contributed by atoms with Gasteiger partial charge in [-0.1, -0.05) is 24.3 Å². The lowest BCUT2D eigenvalue weighted by atomic mass is 9.80. The van der Waals surface area contributed by atoms with Gasteiger partial charge in [-0.3, -0.25) is 14.7 Å². The van der Waals surface area contributed by atoms with Crippen molar-refractivity contribution in [1.29, 1.82) is 0 Å². The molecule has 0 radical (unpaired) electrons. The van der Waals surface area contributed by atoms with Crippen molar-refractivity contribution in [3.05, 3.63) is 76.7 Å². The highest BCUT2D eigenvalue weighted by Gasteiger charge is 2.43. The van der Waals surface area contributed by atoms with Gasteiger partial charge in [0.1, 0.15) is 0 Å². The van der Waals surface area contributed by atoms with Crippen molar-refractivity contribution in [2.45, 2.75) is 19.4 Å². The summed E-state index contributed by atoms with van der Waals surface area (Å²) in [6.45, 7) is 2.42. The Morgan fingerprint density at radius 3 is 2.52 bits per heavy atom. The Bertz CT molecular complexity index is 893. The molecule has 1 saturated heterocycles. The first kappa shape index (κ1) is 17.9. The highest BCUT2D eigenvalue weighted by atomic mass is 32.1. The molecule has 0 unspecified atom stereocenters. The molecular weight excluding hydrogens is 354 g/mol. The minimum Gasteiger partial charge on any atom is -0.369 e. The molecule has 0 bridgehead atoms. The molecule has 3 heterocycles. The molecule has 4 rings (SSSR count). The van der Waals surface area contributed by atoms with Crippen molar-refractivity contribution in [3.63, 3.8) is 0 Å². The number of rotatable bonds is 6. The van der Waals surface area contributed by atoms with E-state index in [9.17, 15) is 4.79 Å². The molecule has 1 aliphatic rings. The van der Waals surface area contributed by atoms with Gasteiger partial charge in [0.2, 0.25) is 5.91 Å². The van der Waals surface area contributed by atoms with E-state index in [1.54, 1.807) is 11.3 Å². The molecule has 2 N–H and O–H groups in total. The Kier molecular flexibility index (Phi) is 5.05. The Hall–Kier alpha value is -2.50. The second kappa shape index (κ2) is 7.62. The van der Waals surface area contributed by atoms with Gasteiger partial charge < -0.3 is 5.73 Å². The zero-order chi connectivity index (χ0) is 18.7. The fourth-order valence-electron chi connectivity index (χ4n) is 3.91. The summed E-state index contributed by atoms with van der Waals surface area (Å²) in [5, 5.41) is 4.23. The summed E-state index contributed by atoms with van der Waals surface area (Å²) >= 11 is 1.70. The van der Waals surface area contributed by atoms with Crippen LogP contribution in [0.2, 0.25) is 0 Å². The maximum atomic E-state index is 12.4. The van der Waals surface area contributed by atoms with Crippen LogP contribution >= 0.6 is 11.3 Å². The fourth-order valence-corrected chi connectivity index (χ4v) is 4.57. The molecule has 1 aliphatic heterocycles. The number of thiophene rings is 1. The first-order valence-electron chi connectivity index (χ1n) is 9.17. The number of hydrogen-bond acceptors (Lipinski definition) is 4. The summed E-state index contributed by atoms with van der Waals surface area (Å²) in [5.74, 6) is -0.193. The molecule has 0 aliphatic carbocycles. The van der Waals surface area contributed by atoms with E-state index in [1.165, 1.54) is 22.3 Å². The second-order valence-electron chi connectivity index (χ2n) is 7.35. The highest BCUT2D eigenvalue weighted by molar-refractivity contribution is 7.08. The first-order valence-corrected chi connectivity index (χ1v) is 10.1. The van der Waals surface area contributed by atoms with Gasteiger partial charge in [-0.25, -0.2) is 0 Å². The number of aromatic nitrogens is 1. The normalized spacial score (nSPS) is 20.0. The number of likely N-dealkylation sites (tertiary alicyclic amines) is 1. The third-order valence-electron chi connectivity index (χ3n) is 5.46. The minimum absolute atomic E-state index is 0.193. The molecule has 0 saturated carbocycles. The number of pyridine rings is 1. The van der Waals surface area contributed by atoms with Crippen LogP contribution in [-0.2, 0) is 17.8 Å². The van der Waals surface area contributed by atoms with Gasteiger partial charge in [0.05, 0.1) is 5.41 Å². The third kappa shape index (κ3) is 3.94. The maximum absolute atomic E-state index is 12.4. The Labute approximate surface area is 163 Å². The Balaban J connectivity index is 1.47. The zero-order valence-corrected chi connectivity index (χ0v) is 16.0. The van der Waals surface area contributed by atoms with Crippen molar-refractivity contribution in [2.24, 2.45) is 11.1 Å².